The molecule has 0 aromatic heterocycles. The molecule has 9 rings (SSSR count). The second-order valence-electron chi connectivity index (χ2n) is 13.8. The Morgan fingerprint density at radius 3 is 1.62 bits per heavy atom. The monoisotopic (exact) mass is 728 g/mol. The highest BCUT2D eigenvalue weighted by Gasteiger charge is 2.33. The van der Waals surface area contributed by atoms with E-state index >= 15 is 0 Å². The van der Waals surface area contributed by atoms with Crippen LogP contribution in [0.4, 0.5) is 28.4 Å². The van der Waals surface area contributed by atoms with Crippen LogP contribution in [-0.4, -0.2) is 42.5 Å². The van der Waals surface area contributed by atoms with Crippen molar-refractivity contribution >= 4 is 51.9 Å². The quantitative estimate of drug-likeness (QED) is 0.138. The average Bonchev–Trinajstić information content (AvgIpc) is 3.25. The van der Waals surface area contributed by atoms with E-state index < -0.39 is 0 Å². The Morgan fingerprint density at radius 2 is 1.04 bits per heavy atom. The van der Waals surface area contributed by atoms with Gasteiger partial charge in [0.1, 0.15) is 11.7 Å². The third-order valence-corrected chi connectivity index (χ3v) is 10.2. The first kappa shape index (κ1) is 34.4. The summed E-state index contributed by atoms with van der Waals surface area (Å²) in [5.74, 6) is 3.19. The van der Waals surface area contributed by atoms with Crippen LogP contribution < -0.4 is 15.5 Å². The molecule has 0 saturated heterocycles. The van der Waals surface area contributed by atoms with E-state index in [1.807, 2.05) is 31.1 Å². The number of allylic oxidation sites excluding steroid dienone is 2. The number of anilines is 5. The Labute approximate surface area is 327 Å². The van der Waals surface area contributed by atoms with Crippen molar-refractivity contribution in [3.8, 4) is 0 Å². The van der Waals surface area contributed by atoms with Crippen molar-refractivity contribution in [3.05, 3.63) is 209 Å². The van der Waals surface area contributed by atoms with Crippen molar-refractivity contribution in [2.24, 2.45) is 20.0 Å². The van der Waals surface area contributed by atoms with Crippen LogP contribution in [0.15, 0.2) is 201 Å². The molecule has 56 heavy (non-hydrogen) atoms. The van der Waals surface area contributed by atoms with E-state index in [2.05, 4.69) is 180 Å². The molecule has 6 aromatic carbocycles. The van der Waals surface area contributed by atoms with Gasteiger partial charge in [-0.2, -0.15) is 9.98 Å². The maximum atomic E-state index is 5.12. The van der Waals surface area contributed by atoms with Crippen LogP contribution in [0.3, 0.4) is 0 Å². The molecule has 0 aliphatic carbocycles. The van der Waals surface area contributed by atoms with Gasteiger partial charge in [-0.05, 0) is 95.9 Å². The molecule has 0 amide bonds. The van der Waals surface area contributed by atoms with Gasteiger partial charge in [0.05, 0.1) is 0 Å². The zero-order valence-electron chi connectivity index (χ0n) is 31.4. The molecule has 6 aromatic rings. The number of amidine groups is 3. The average molecular weight is 729 g/mol. The lowest BCUT2D eigenvalue weighted by molar-refractivity contribution is 0.707. The molecule has 2 N–H and O–H groups in total. The number of nitrogens with one attached hydrogen (secondary N) is 2. The Bertz CT molecular complexity index is 2390. The molecule has 8 nitrogen and oxygen atoms in total. The summed E-state index contributed by atoms with van der Waals surface area (Å²) in [4.78, 5) is 24.6. The van der Waals surface area contributed by atoms with Crippen LogP contribution in [0.25, 0.3) is 0 Å². The maximum Gasteiger partial charge on any atom is 0.241 e. The van der Waals surface area contributed by atoms with Crippen molar-refractivity contribution in [3.63, 3.8) is 0 Å². The van der Waals surface area contributed by atoms with Gasteiger partial charge in [0.25, 0.3) is 0 Å². The smallest absolute Gasteiger partial charge is 0.241 e. The Hall–Kier alpha value is -7.32. The van der Waals surface area contributed by atoms with E-state index in [1.165, 1.54) is 16.7 Å². The van der Waals surface area contributed by atoms with E-state index in [0.29, 0.717) is 17.6 Å². The summed E-state index contributed by atoms with van der Waals surface area (Å²) < 4.78 is 0. The molecule has 0 unspecified atom stereocenters. The number of aliphatic imine (C=N–C) groups is 4. The summed E-state index contributed by atoms with van der Waals surface area (Å²) >= 11 is 0. The fourth-order valence-corrected chi connectivity index (χ4v) is 7.57. The molecule has 0 fully saturated rings. The molecule has 0 radical (unpaired) electrons. The summed E-state index contributed by atoms with van der Waals surface area (Å²) in [5, 5.41) is 6.87. The second kappa shape index (κ2) is 14.8. The van der Waals surface area contributed by atoms with E-state index in [1.54, 1.807) is 0 Å². The van der Waals surface area contributed by atoms with Gasteiger partial charge in [0, 0.05) is 59.6 Å². The molecular formula is C48H40N8. The van der Waals surface area contributed by atoms with Gasteiger partial charge in [-0.25, -0.2) is 14.9 Å². The Balaban J connectivity index is 1.11. The van der Waals surface area contributed by atoms with E-state index in [-0.39, 0.29) is 5.92 Å². The molecule has 0 bridgehead atoms. The first-order valence-corrected chi connectivity index (χ1v) is 18.8. The third kappa shape index (κ3) is 6.47. The lowest BCUT2D eigenvalue weighted by atomic mass is 9.84. The summed E-state index contributed by atoms with van der Waals surface area (Å²) in [7, 11) is 3.87. The van der Waals surface area contributed by atoms with Crippen LogP contribution in [0.5, 0.6) is 0 Å². The third-order valence-electron chi connectivity index (χ3n) is 10.2. The molecule has 0 spiro atoms. The van der Waals surface area contributed by atoms with Gasteiger partial charge < -0.3 is 15.5 Å². The number of hydrogen-bond acceptors (Lipinski definition) is 8. The predicted molar refractivity (Wildman–Crippen MR) is 232 cm³/mol. The predicted octanol–water partition coefficient (Wildman–Crippen LogP) is 10.5. The van der Waals surface area contributed by atoms with Gasteiger partial charge in [0.2, 0.25) is 5.96 Å². The first-order chi connectivity index (χ1) is 27.6. The van der Waals surface area contributed by atoms with Crippen molar-refractivity contribution in [2.75, 3.05) is 29.6 Å². The van der Waals surface area contributed by atoms with E-state index in [4.69, 9.17) is 20.0 Å². The Kier molecular flexibility index (Phi) is 9.13. The van der Waals surface area contributed by atoms with E-state index in [9.17, 15) is 0 Å². The number of guanidine groups is 1. The topological polar surface area (TPSA) is 80.0 Å². The van der Waals surface area contributed by atoms with Crippen LogP contribution in [0.1, 0.15) is 40.7 Å². The highest BCUT2D eigenvalue weighted by Crippen LogP contribution is 2.38. The highest BCUT2D eigenvalue weighted by atomic mass is 15.4. The first-order valence-electron chi connectivity index (χ1n) is 18.8. The standard InChI is InChI=1S/C48H40N8/c1-32-28-43-51-46(39-26-24-35(30-41(39)49-2)45(33-16-8-4-9-17-33)34-18-10-5-11-19-34)53-48-54-47(52-44(29-32)56(43)48)40-27-25-38(31-42(40)50-3)55(36-20-12-6-13-21-36)37-22-14-7-15-23-37/h4-31,45,49-50H,1-3H3. The van der Waals surface area contributed by atoms with Crippen LogP contribution in [-0.2, 0) is 0 Å². The zero-order chi connectivity index (χ0) is 38.0. The second-order valence-corrected chi connectivity index (χ2v) is 13.8. The van der Waals surface area contributed by atoms with Crippen LogP contribution in [0.2, 0.25) is 0 Å². The molecule has 0 atom stereocenters. The lowest BCUT2D eigenvalue weighted by Gasteiger charge is -2.33. The minimum Gasteiger partial charge on any atom is -0.388 e. The van der Waals surface area contributed by atoms with Crippen molar-refractivity contribution in [1.82, 2.24) is 4.90 Å². The van der Waals surface area contributed by atoms with E-state index in [0.717, 1.165) is 56.8 Å². The Morgan fingerprint density at radius 1 is 0.500 bits per heavy atom. The van der Waals surface area contributed by atoms with Crippen LogP contribution >= 0.6 is 0 Å². The van der Waals surface area contributed by atoms with Crippen molar-refractivity contribution in [1.29, 1.82) is 0 Å². The number of hydrogen-bond donors (Lipinski definition) is 2. The molecule has 272 valence electrons. The largest absolute Gasteiger partial charge is 0.388 e. The minimum atomic E-state index is 0.0620. The molecule has 3 aliphatic rings. The number of nitrogens with zero attached hydrogens (tertiary/aromatic N) is 6. The van der Waals surface area contributed by atoms with Crippen molar-refractivity contribution in [2.45, 2.75) is 12.8 Å². The van der Waals surface area contributed by atoms with Crippen molar-refractivity contribution < 1.29 is 0 Å². The molecule has 0 saturated carbocycles. The fraction of sp³-hybridized carbons (Fsp3) is 0.0833. The number of benzene rings is 6. The van der Waals surface area contributed by atoms with Gasteiger partial charge in [-0.3, -0.25) is 0 Å². The number of para-hydroxylation sites is 2. The maximum absolute atomic E-state index is 5.12. The SMILES string of the molecule is CNc1cc(C(c2ccccc2)c2ccccc2)ccc1C1=NC2=CC(C)=CC3=NC(c4ccc(N(c5ccccc5)c5ccccc5)cc4NC)=NC(=N1)N23. The van der Waals surface area contributed by atoms with Crippen LogP contribution in [0, 0.1) is 0 Å². The normalized spacial score (nSPS) is 14.4. The van der Waals surface area contributed by atoms with Gasteiger partial charge >= 0.3 is 0 Å². The van der Waals surface area contributed by atoms with Gasteiger partial charge in [0.15, 0.2) is 11.7 Å². The molecule has 3 aliphatic heterocycles. The molecule has 3 heterocycles. The molecule has 8 heteroatoms. The van der Waals surface area contributed by atoms with Gasteiger partial charge in [-0.15, -0.1) is 0 Å². The minimum absolute atomic E-state index is 0.0620. The summed E-state index contributed by atoms with van der Waals surface area (Å²) in [6.07, 6.45) is 4.10. The molecular weight excluding hydrogens is 689 g/mol. The van der Waals surface area contributed by atoms with Gasteiger partial charge in [-0.1, -0.05) is 103 Å². The summed E-state index contributed by atoms with van der Waals surface area (Å²) in [5.41, 5.74) is 11.4. The zero-order valence-corrected chi connectivity index (χ0v) is 31.4. The number of rotatable bonds is 10. The summed E-state index contributed by atoms with van der Waals surface area (Å²) in [6, 6.07) is 54.9. The fourth-order valence-electron chi connectivity index (χ4n) is 7.57. The highest BCUT2D eigenvalue weighted by molar-refractivity contribution is 6.26. The lowest BCUT2D eigenvalue weighted by Crippen LogP contribution is -2.42. The summed E-state index contributed by atoms with van der Waals surface area (Å²) in [6.45, 7) is 2.07.